The minimum absolute atomic E-state index is 0.0700. The normalized spacial score (nSPS) is 11.2. The molecule has 0 unspecified atom stereocenters. The number of hydrogen-bond acceptors (Lipinski definition) is 6. The molecule has 0 aliphatic rings. The molecule has 0 spiro atoms. The Labute approximate surface area is 104 Å². The number of nitrogen functional groups attached to an aromatic ring is 1. The lowest BCUT2D eigenvalue weighted by molar-refractivity contribution is 0.441. The summed E-state index contributed by atoms with van der Waals surface area (Å²) in [7, 11) is -3.27. The Morgan fingerprint density at radius 3 is 2.72 bits per heavy atom. The zero-order valence-electron chi connectivity index (χ0n) is 9.57. The highest BCUT2D eigenvalue weighted by atomic mass is 32.2. The Bertz CT molecular complexity index is 671. The molecule has 1 heterocycles. The van der Waals surface area contributed by atoms with Gasteiger partial charge in [-0.3, -0.25) is 0 Å². The molecule has 1 aromatic heterocycles. The first-order valence-electron chi connectivity index (χ1n) is 5.02. The van der Waals surface area contributed by atoms with Gasteiger partial charge in [0.15, 0.2) is 9.84 Å². The molecule has 2 aromatic rings. The van der Waals surface area contributed by atoms with Crippen LogP contribution in [0.5, 0.6) is 11.8 Å². The summed E-state index contributed by atoms with van der Waals surface area (Å²) in [6, 6.07) is 7.68. The first-order chi connectivity index (χ1) is 8.45. The monoisotopic (exact) mass is 265 g/mol. The van der Waals surface area contributed by atoms with Gasteiger partial charge in [-0.2, -0.15) is 4.98 Å². The van der Waals surface area contributed by atoms with E-state index in [1.807, 2.05) is 0 Å². The van der Waals surface area contributed by atoms with Crippen molar-refractivity contribution in [1.82, 2.24) is 9.97 Å². The zero-order valence-corrected chi connectivity index (χ0v) is 10.4. The van der Waals surface area contributed by atoms with E-state index in [1.165, 1.54) is 24.4 Å². The fourth-order valence-electron chi connectivity index (χ4n) is 1.28. The summed E-state index contributed by atoms with van der Waals surface area (Å²) in [6.45, 7) is 0. The second kappa shape index (κ2) is 4.61. The van der Waals surface area contributed by atoms with Gasteiger partial charge >= 0.3 is 6.01 Å². The standard InChI is InChI=1S/C11H11N3O3S/c1-18(15,16)9-4-2-3-8(7-9)17-11-13-6-5-10(12)14-11/h2-7H,1H3,(H2,12,13,14). The average molecular weight is 265 g/mol. The van der Waals surface area contributed by atoms with E-state index in [2.05, 4.69) is 9.97 Å². The van der Waals surface area contributed by atoms with Gasteiger partial charge in [0, 0.05) is 12.5 Å². The second-order valence-corrected chi connectivity index (χ2v) is 5.63. The van der Waals surface area contributed by atoms with E-state index in [-0.39, 0.29) is 16.7 Å². The van der Waals surface area contributed by atoms with Crippen LogP contribution in [-0.4, -0.2) is 24.6 Å². The highest BCUT2D eigenvalue weighted by molar-refractivity contribution is 7.90. The lowest BCUT2D eigenvalue weighted by Gasteiger charge is -2.05. The number of nitrogens with two attached hydrogens (primary N) is 1. The van der Waals surface area contributed by atoms with Crippen LogP contribution in [0.15, 0.2) is 41.4 Å². The molecule has 6 nitrogen and oxygen atoms in total. The van der Waals surface area contributed by atoms with Gasteiger partial charge in [-0.25, -0.2) is 13.4 Å². The fourth-order valence-corrected chi connectivity index (χ4v) is 1.93. The van der Waals surface area contributed by atoms with E-state index < -0.39 is 9.84 Å². The van der Waals surface area contributed by atoms with Crippen molar-refractivity contribution in [2.75, 3.05) is 12.0 Å². The maximum absolute atomic E-state index is 11.4. The summed E-state index contributed by atoms with van der Waals surface area (Å²) >= 11 is 0. The molecule has 1 aromatic carbocycles. The topological polar surface area (TPSA) is 95.2 Å². The number of aromatic nitrogens is 2. The highest BCUT2D eigenvalue weighted by Gasteiger charge is 2.09. The summed E-state index contributed by atoms with van der Waals surface area (Å²) in [6.07, 6.45) is 2.58. The second-order valence-electron chi connectivity index (χ2n) is 3.61. The molecule has 0 fully saturated rings. The summed E-state index contributed by atoms with van der Waals surface area (Å²) < 4.78 is 28.1. The first-order valence-corrected chi connectivity index (χ1v) is 6.91. The zero-order chi connectivity index (χ0) is 13.2. The van der Waals surface area contributed by atoms with Crippen molar-refractivity contribution < 1.29 is 13.2 Å². The van der Waals surface area contributed by atoms with E-state index in [4.69, 9.17) is 10.5 Å². The van der Waals surface area contributed by atoms with Crippen molar-refractivity contribution in [2.24, 2.45) is 0 Å². The van der Waals surface area contributed by atoms with Crippen LogP contribution in [0.3, 0.4) is 0 Å². The van der Waals surface area contributed by atoms with Crippen LogP contribution in [0.1, 0.15) is 0 Å². The minimum atomic E-state index is -3.27. The van der Waals surface area contributed by atoms with E-state index in [1.54, 1.807) is 12.1 Å². The lowest BCUT2D eigenvalue weighted by Crippen LogP contribution is -1.99. The highest BCUT2D eigenvalue weighted by Crippen LogP contribution is 2.21. The Morgan fingerprint density at radius 2 is 2.06 bits per heavy atom. The van der Waals surface area contributed by atoms with Gasteiger partial charge in [0.25, 0.3) is 0 Å². The first kappa shape index (κ1) is 12.3. The van der Waals surface area contributed by atoms with Crippen LogP contribution in [0.25, 0.3) is 0 Å². The van der Waals surface area contributed by atoms with Crippen molar-refractivity contribution >= 4 is 15.7 Å². The molecule has 0 atom stereocenters. The van der Waals surface area contributed by atoms with Crippen molar-refractivity contribution in [2.45, 2.75) is 4.90 Å². The van der Waals surface area contributed by atoms with Gasteiger partial charge in [-0.1, -0.05) is 6.07 Å². The number of ether oxygens (including phenoxy) is 1. The van der Waals surface area contributed by atoms with Crippen molar-refractivity contribution in [3.63, 3.8) is 0 Å². The van der Waals surface area contributed by atoms with Crippen LogP contribution in [0, 0.1) is 0 Å². The quantitative estimate of drug-likeness (QED) is 0.897. The van der Waals surface area contributed by atoms with E-state index in [0.29, 0.717) is 5.75 Å². The maximum atomic E-state index is 11.4. The molecule has 0 saturated carbocycles. The number of anilines is 1. The molecule has 2 N–H and O–H groups in total. The predicted molar refractivity (Wildman–Crippen MR) is 66.1 cm³/mol. The summed E-state index contributed by atoms with van der Waals surface area (Å²) in [5.41, 5.74) is 5.48. The van der Waals surface area contributed by atoms with Crippen LogP contribution in [-0.2, 0) is 9.84 Å². The van der Waals surface area contributed by atoms with Gasteiger partial charge in [0.1, 0.15) is 11.6 Å². The minimum Gasteiger partial charge on any atom is -0.424 e. The maximum Gasteiger partial charge on any atom is 0.323 e. The summed E-state index contributed by atoms with van der Waals surface area (Å²) in [4.78, 5) is 7.89. The number of hydrogen-bond donors (Lipinski definition) is 1. The Morgan fingerprint density at radius 1 is 1.28 bits per heavy atom. The number of benzene rings is 1. The third-order valence-electron chi connectivity index (χ3n) is 2.10. The van der Waals surface area contributed by atoms with Gasteiger partial charge in [-0.15, -0.1) is 0 Å². The SMILES string of the molecule is CS(=O)(=O)c1cccc(Oc2nccc(N)n2)c1. The largest absolute Gasteiger partial charge is 0.424 e. The smallest absolute Gasteiger partial charge is 0.323 e. The molecule has 0 aliphatic heterocycles. The third-order valence-corrected chi connectivity index (χ3v) is 3.21. The molecule has 0 aliphatic carbocycles. The predicted octanol–water partition coefficient (Wildman–Crippen LogP) is 1.25. The molecule has 18 heavy (non-hydrogen) atoms. The van der Waals surface area contributed by atoms with Crippen LogP contribution in [0.2, 0.25) is 0 Å². The third kappa shape index (κ3) is 2.95. The van der Waals surface area contributed by atoms with Crippen molar-refractivity contribution in [3.8, 4) is 11.8 Å². The molecule has 0 amide bonds. The van der Waals surface area contributed by atoms with Crippen molar-refractivity contribution in [3.05, 3.63) is 36.5 Å². The van der Waals surface area contributed by atoms with Gasteiger partial charge < -0.3 is 10.5 Å². The van der Waals surface area contributed by atoms with Crippen molar-refractivity contribution in [1.29, 1.82) is 0 Å². The average Bonchev–Trinajstić information content (AvgIpc) is 2.28. The molecule has 0 bridgehead atoms. The molecule has 7 heteroatoms. The number of nitrogens with zero attached hydrogens (tertiary/aromatic N) is 2. The van der Waals surface area contributed by atoms with Gasteiger partial charge in [-0.05, 0) is 24.3 Å². The Hall–Kier alpha value is -2.15. The van der Waals surface area contributed by atoms with Gasteiger partial charge in [0.2, 0.25) is 0 Å². The van der Waals surface area contributed by atoms with Gasteiger partial charge in [0.05, 0.1) is 4.90 Å². The molecular formula is C11H11N3O3S. The van der Waals surface area contributed by atoms with E-state index >= 15 is 0 Å². The van der Waals surface area contributed by atoms with Crippen LogP contribution >= 0.6 is 0 Å². The Balaban J connectivity index is 2.30. The lowest BCUT2D eigenvalue weighted by atomic mass is 10.3. The fraction of sp³-hybridized carbons (Fsp3) is 0.0909. The van der Waals surface area contributed by atoms with E-state index in [9.17, 15) is 8.42 Å². The molecular weight excluding hydrogens is 254 g/mol. The van der Waals surface area contributed by atoms with Crippen LogP contribution in [0.4, 0.5) is 5.82 Å². The number of rotatable bonds is 3. The summed E-state index contributed by atoms with van der Waals surface area (Å²) in [5.74, 6) is 0.614. The molecule has 94 valence electrons. The van der Waals surface area contributed by atoms with E-state index in [0.717, 1.165) is 6.26 Å². The summed E-state index contributed by atoms with van der Waals surface area (Å²) in [5, 5.41) is 0. The van der Waals surface area contributed by atoms with Crippen LogP contribution < -0.4 is 10.5 Å². The Kier molecular flexibility index (Phi) is 3.15. The molecule has 2 rings (SSSR count). The molecule has 0 saturated heterocycles. The number of sulfone groups is 1. The molecule has 0 radical (unpaired) electrons.